The van der Waals surface area contributed by atoms with Crippen molar-refractivity contribution in [2.75, 3.05) is 14.2 Å². The zero-order valence-corrected chi connectivity index (χ0v) is 23.8. The first kappa shape index (κ1) is 28.6. The Morgan fingerprint density at radius 2 is 1.68 bits per heavy atom. The molecule has 0 bridgehead atoms. The fourth-order valence-corrected chi connectivity index (χ4v) is 5.14. The van der Waals surface area contributed by atoms with Crippen LogP contribution >= 0.6 is 0 Å². The van der Waals surface area contributed by atoms with E-state index in [9.17, 15) is 14.0 Å². The van der Waals surface area contributed by atoms with Crippen molar-refractivity contribution in [3.05, 3.63) is 123 Å². The fourth-order valence-electron chi connectivity index (χ4n) is 5.14. The predicted octanol–water partition coefficient (Wildman–Crippen LogP) is 7.33. The first-order valence-electron chi connectivity index (χ1n) is 13.7. The highest BCUT2D eigenvalue weighted by molar-refractivity contribution is 5.98. The molecule has 0 unspecified atom stereocenters. The Labute approximate surface area is 250 Å². The van der Waals surface area contributed by atoms with Gasteiger partial charge in [0.05, 0.1) is 19.7 Å². The molecule has 0 saturated heterocycles. The van der Waals surface area contributed by atoms with Gasteiger partial charge in [-0.05, 0) is 84.5 Å². The Balaban J connectivity index is 1.31. The van der Waals surface area contributed by atoms with E-state index >= 15 is 4.39 Å². The van der Waals surface area contributed by atoms with Crippen molar-refractivity contribution in [3.63, 3.8) is 0 Å². The molecule has 10 heteroatoms. The molecule has 8 nitrogen and oxygen atoms in total. The Morgan fingerprint density at radius 1 is 0.955 bits per heavy atom. The van der Waals surface area contributed by atoms with Crippen LogP contribution in [0.4, 0.5) is 14.6 Å². The number of methoxy groups -OCH3 is 2. The summed E-state index contributed by atoms with van der Waals surface area (Å²) in [6, 6.07) is 15.8. The summed E-state index contributed by atoms with van der Waals surface area (Å²) in [7, 11) is 3.02. The van der Waals surface area contributed by atoms with Gasteiger partial charge in [0.25, 0.3) is 0 Å². The Morgan fingerprint density at radius 3 is 2.34 bits per heavy atom. The van der Waals surface area contributed by atoms with E-state index in [0.717, 1.165) is 17.4 Å². The summed E-state index contributed by atoms with van der Waals surface area (Å²) in [5.41, 5.74) is 0.975. The summed E-state index contributed by atoms with van der Waals surface area (Å²) in [4.78, 5) is 35.0. The Bertz CT molecular complexity index is 2030. The fraction of sp³-hybridized carbons (Fsp3) is 0.176. The van der Waals surface area contributed by atoms with Gasteiger partial charge in [0.1, 0.15) is 22.8 Å². The van der Waals surface area contributed by atoms with Crippen LogP contribution in [0.15, 0.2) is 77.7 Å². The maximum Gasteiger partial charge on any atom is 0.334 e. The van der Waals surface area contributed by atoms with Crippen molar-refractivity contribution in [2.45, 2.75) is 25.2 Å². The van der Waals surface area contributed by atoms with Crippen molar-refractivity contribution in [3.8, 4) is 28.7 Å². The van der Waals surface area contributed by atoms with Crippen molar-refractivity contribution < 1.29 is 27.8 Å². The standard InChI is InChI=1S/C34H25F2N3O5/c1-37-33-23(20-5-6-20)16-25(34(41)39(33)22-9-7-21(35)8-10-22)28(40)15-19-4-11-30(26(36)14-19)44-29-12-13-38-27-18-32(43-3)31(42-2)17-24(27)29/h4,7-14,16-18,20H,5-6,15H2,2-3H3. The van der Waals surface area contributed by atoms with Gasteiger partial charge in [0.2, 0.25) is 5.82 Å². The minimum absolute atomic E-state index is 0.0529. The number of nitrogens with zero attached hydrogens (tertiary/aromatic N) is 3. The maximum atomic E-state index is 15.3. The van der Waals surface area contributed by atoms with Crippen LogP contribution in [0.25, 0.3) is 21.4 Å². The lowest BCUT2D eigenvalue weighted by molar-refractivity contribution is 0.0991. The third kappa shape index (κ3) is 5.36. The zero-order chi connectivity index (χ0) is 31.0. The molecule has 44 heavy (non-hydrogen) atoms. The average molecular weight is 594 g/mol. The van der Waals surface area contributed by atoms with E-state index in [1.165, 1.54) is 62.9 Å². The summed E-state index contributed by atoms with van der Waals surface area (Å²) < 4.78 is 46.7. The van der Waals surface area contributed by atoms with Gasteiger partial charge in [-0.3, -0.25) is 9.78 Å². The molecule has 220 valence electrons. The molecule has 6 rings (SSSR count). The molecule has 5 aromatic rings. The second-order valence-electron chi connectivity index (χ2n) is 10.3. The lowest BCUT2D eigenvalue weighted by Crippen LogP contribution is -2.27. The molecule has 3 aromatic carbocycles. The van der Waals surface area contributed by atoms with Gasteiger partial charge in [-0.1, -0.05) is 12.6 Å². The van der Waals surface area contributed by atoms with Crippen LogP contribution in [0.5, 0.6) is 23.0 Å². The van der Waals surface area contributed by atoms with Gasteiger partial charge in [-0.2, -0.15) is 0 Å². The first-order valence-corrected chi connectivity index (χ1v) is 13.7. The summed E-state index contributed by atoms with van der Waals surface area (Å²) in [5.74, 6) is -0.350. The van der Waals surface area contributed by atoms with Crippen LogP contribution in [0.2, 0.25) is 0 Å². The smallest absolute Gasteiger partial charge is 0.334 e. The number of rotatable bonds is 9. The quantitative estimate of drug-likeness (QED) is 0.132. The average Bonchev–Trinajstić information content (AvgIpc) is 3.87. The largest absolute Gasteiger partial charge is 0.493 e. The normalized spacial score (nSPS) is 12.5. The lowest BCUT2D eigenvalue weighted by atomic mass is 10.0. The van der Waals surface area contributed by atoms with Gasteiger partial charge in [-0.15, -0.1) is 0 Å². The number of Topliss-reactive ketones (excluding diaryl/α,β-unsaturated/α-hetero) is 1. The van der Waals surface area contributed by atoms with E-state index in [0.29, 0.717) is 39.3 Å². The third-order valence-corrected chi connectivity index (χ3v) is 7.50. The first-order chi connectivity index (χ1) is 21.3. The van der Waals surface area contributed by atoms with Gasteiger partial charge in [0, 0.05) is 24.1 Å². The molecule has 2 heterocycles. The van der Waals surface area contributed by atoms with Gasteiger partial charge in [-0.25, -0.2) is 18.1 Å². The number of ketones is 1. The van der Waals surface area contributed by atoms with Crippen LogP contribution < -0.4 is 19.8 Å². The number of ether oxygens (including phenoxy) is 3. The number of benzene rings is 3. The second-order valence-corrected chi connectivity index (χ2v) is 10.3. The van der Waals surface area contributed by atoms with Crippen LogP contribution in [-0.4, -0.2) is 29.6 Å². The second kappa shape index (κ2) is 11.6. The molecular weight excluding hydrogens is 568 g/mol. The van der Waals surface area contributed by atoms with Crippen LogP contribution in [0, 0.1) is 18.2 Å². The summed E-state index contributed by atoms with van der Waals surface area (Å²) in [6.07, 6.45) is 2.93. The predicted molar refractivity (Wildman–Crippen MR) is 160 cm³/mol. The zero-order valence-electron chi connectivity index (χ0n) is 23.8. The molecule has 2 aromatic heterocycles. The van der Waals surface area contributed by atoms with Gasteiger partial charge < -0.3 is 19.1 Å². The molecule has 0 spiro atoms. The highest BCUT2D eigenvalue weighted by Gasteiger charge is 2.31. The van der Waals surface area contributed by atoms with E-state index in [1.54, 1.807) is 24.3 Å². The highest BCUT2D eigenvalue weighted by atomic mass is 19.1. The van der Waals surface area contributed by atoms with E-state index < -0.39 is 23.0 Å². The van der Waals surface area contributed by atoms with Crippen LogP contribution in [0.1, 0.15) is 40.2 Å². The number of pyridine rings is 2. The van der Waals surface area contributed by atoms with Crippen molar-refractivity contribution in [2.24, 2.45) is 0 Å². The summed E-state index contributed by atoms with van der Waals surface area (Å²) >= 11 is 0. The molecule has 0 aliphatic heterocycles. The summed E-state index contributed by atoms with van der Waals surface area (Å²) in [6.45, 7) is 7.74. The van der Waals surface area contributed by atoms with E-state index in [2.05, 4.69) is 9.83 Å². The minimum atomic E-state index is -0.702. The number of fused-ring (bicyclic) bond motifs is 1. The van der Waals surface area contributed by atoms with E-state index in [4.69, 9.17) is 20.8 Å². The van der Waals surface area contributed by atoms with Crippen LogP contribution in [-0.2, 0) is 6.42 Å². The van der Waals surface area contributed by atoms with E-state index in [-0.39, 0.29) is 35.2 Å². The molecule has 1 aliphatic carbocycles. The van der Waals surface area contributed by atoms with Crippen LogP contribution in [0.3, 0.4) is 0 Å². The lowest BCUT2D eigenvalue weighted by Gasteiger charge is -2.14. The monoisotopic (exact) mass is 593 g/mol. The minimum Gasteiger partial charge on any atom is -0.493 e. The van der Waals surface area contributed by atoms with Gasteiger partial charge in [0.15, 0.2) is 28.8 Å². The number of hydrogen-bond donors (Lipinski definition) is 0. The number of carbonyl (C=O) groups is 1. The topological polar surface area (TPSA) is 84.0 Å². The highest BCUT2D eigenvalue weighted by Crippen LogP contribution is 2.45. The number of halogens is 2. The van der Waals surface area contributed by atoms with Crippen molar-refractivity contribution in [1.29, 1.82) is 0 Å². The third-order valence-electron chi connectivity index (χ3n) is 7.50. The number of carbonyl (C=O) groups excluding carboxylic acids is 1. The number of hydrogen-bond acceptors (Lipinski definition) is 6. The van der Waals surface area contributed by atoms with Crippen molar-refractivity contribution >= 4 is 22.5 Å². The molecule has 1 saturated carbocycles. The number of aromatic nitrogens is 2. The van der Waals surface area contributed by atoms with E-state index in [1.807, 2.05) is 0 Å². The summed E-state index contributed by atoms with van der Waals surface area (Å²) in [5, 5.41) is 0.579. The molecule has 1 fully saturated rings. The van der Waals surface area contributed by atoms with Gasteiger partial charge >= 0.3 is 5.56 Å². The Hall–Kier alpha value is -5.56. The maximum absolute atomic E-state index is 15.3. The molecular formula is C34H25F2N3O5. The Kier molecular flexibility index (Phi) is 7.53. The molecule has 1 aliphatic rings. The molecule has 0 N–H and O–H groups in total. The molecule has 0 amide bonds. The van der Waals surface area contributed by atoms with Crippen molar-refractivity contribution in [1.82, 2.24) is 9.55 Å². The SMILES string of the molecule is [C-]#[N+]c1c(C2CC2)cc(C(=O)Cc2ccc(Oc3ccnc4cc(OC)c(OC)cc34)c(F)c2)c(=O)n1-c1ccc(F)cc1. The molecule has 0 radical (unpaired) electrons. The molecule has 0 atom stereocenters.